The number of allylic oxidation sites excluding steroid dienone is 1. The molecule has 0 aliphatic rings. The average Bonchev–Trinajstić information content (AvgIpc) is 2.10. The maximum atomic E-state index is 9.48. The highest BCUT2D eigenvalue weighted by atomic mass is 16.3. The minimum atomic E-state index is -0.546. The molecule has 0 amide bonds. The van der Waals surface area contributed by atoms with Gasteiger partial charge in [-0.1, -0.05) is 32.8 Å². The molecule has 0 spiro atoms. The Morgan fingerprint density at radius 1 is 1.58 bits per heavy atom. The first-order valence-corrected chi connectivity index (χ1v) is 4.54. The molecule has 0 radical (unpaired) electrons. The molecule has 0 rings (SSSR count). The van der Waals surface area contributed by atoms with Crippen molar-refractivity contribution in [2.75, 3.05) is 0 Å². The largest absolute Gasteiger partial charge is 0.388 e. The number of unbranched alkanes of at least 4 members (excludes halogenated alkanes) is 1. The van der Waals surface area contributed by atoms with Crippen molar-refractivity contribution in [1.29, 1.82) is 5.26 Å². The number of aliphatic hydroxyl groups is 1. The van der Waals surface area contributed by atoms with Crippen LogP contribution in [0.1, 0.15) is 39.5 Å². The van der Waals surface area contributed by atoms with Crippen molar-refractivity contribution in [1.82, 2.24) is 0 Å². The molecule has 1 unspecified atom stereocenters. The van der Waals surface area contributed by atoms with Crippen molar-refractivity contribution in [3.05, 3.63) is 11.6 Å². The standard InChI is InChI=1S/C10H17NO/c1-3-5-7-10(12)9(8-11)6-4-2/h6,10,12H,3-5,7H2,1-2H3/b9-6-. The molecule has 0 aromatic rings. The number of nitriles is 1. The van der Waals surface area contributed by atoms with E-state index in [0.717, 1.165) is 19.3 Å². The molecule has 1 N–H and O–H groups in total. The van der Waals surface area contributed by atoms with E-state index < -0.39 is 6.10 Å². The van der Waals surface area contributed by atoms with Gasteiger partial charge in [-0.25, -0.2) is 0 Å². The average molecular weight is 167 g/mol. The Balaban J connectivity index is 3.96. The third-order valence-electron chi connectivity index (χ3n) is 1.74. The molecule has 0 bridgehead atoms. The summed E-state index contributed by atoms with van der Waals surface area (Å²) in [6.45, 7) is 4.03. The van der Waals surface area contributed by atoms with Gasteiger partial charge in [0.25, 0.3) is 0 Å². The second-order valence-corrected chi connectivity index (χ2v) is 2.84. The Hall–Kier alpha value is -0.810. The Morgan fingerprint density at radius 3 is 2.67 bits per heavy atom. The normalized spacial score (nSPS) is 14.0. The van der Waals surface area contributed by atoms with E-state index in [4.69, 9.17) is 5.26 Å². The molecular formula is C10H17NO. The monoisotopic (exact) mass is 167 g/mol. The first kappa shape index (κ1) is 11.2. The van der Waals surface area contributed by atoms with Gasteiger partial charge in [0, 0.05) is 0 Å². The lowest BCUT2D eigenvalue weighted by atomic mass is 10.0. The van der Waals surface area contributed by atoms with Gasteiger partial charge in [-0.15, -0.1) is 0 Å². The summed E-state index contributed by atoms with van der Waals surface area (Å²) in [5.74, 6) is 0. The highest BCUT2D eigenvalue weighted by Crippen LogP contribution is 2.09. The number of hydrogen-bond acceptors (Lipinski definition) is 2. The molecule has 0 aliphatic carbocycles. The van der Waals surface area contributed by atoms with Crippen molar-refractivity contribution in [2.45, 2.75) is 45.6 Å². The summed E-state index contributed by atoms with van der Waals surface area (Å²) >= 11 is 0. The molecule has 2 nitrogen and oxygen atoms in total. The fraction of sp³-hybridized carbons (Fsp3) is 0.700. The van der Waals surface area contributed by atoms with Gasteiger partial charge in [0.05, 0.1) is 17.7 Å². The van der Waals surface area contributed by atoms with Gasteiger partial charge < -0.3 is 5.11 Å². The summed E-state index contributed by atoms with van der Waals surface area (Å²) in [7, 11) is 0. The zero-order valence-electron chi connectivity index (χ0n) is 7.88. The molecule has 0 aromatic heterocycles. The van der Waals surface area contributed by atoms with Crippen molar-refractivity contribution in [2.24, 2.45) is 0 Å². The Kier molecular flexibility index (Phi) is 6.41. The van der Waals surface area contributed by atoms with Crippen LogP contribution in [0.3, 0.4) is 0 Å². The van der Waals surface area contributed by atoms with Crippen molar-refractivity contribution < 1.29 is 5.11 Å². The van der Waals surface area contributed by atoms with Crippen LogP contribution in [0, 0.1) is 11.3 Å². The Morgan fingerprint density at radius 2 is 2.25 bits per heavy atom. The molecule has 0 aliphatic heterocycles. The van der Waals surface area contributed by atoms with Crippen LogP contribution in [0.25, 0.3) is 0 Å². The van der Waals surface area contributed by atoms with Crippen LogP contribution in [0.15, 0.2) is 11.6 Å². The minimum absolute atomic E-state index is 0.519. The topological polar surface area (TPSA) is 44.0 Å². The summed E-state index contributed by atoms with van der Waals surface area (Å²) in [6.07, 6.45) is 4.79. The van der Waals surface area contributed by atoms with Gasteiger partial charge in [-0.2, -0.15) is 5.26 Å². The molecule has 0 fully saturated rings. The number of hydrogen-bond donors (Lipinski definition) is 1. The predicted molar refractivity (Wildman–Crippen MR) is 49.5 cm³/mol. The van der Waals surface area contributed by atoms with E-state index in [9.17, 15) is 5.11 Å². The smallest absolute Gasteiger partial charge is 0.0971 e. The third-order valence-corrected chi connectivity index (χ3v) is 1.74. The van der Waals surface area contributed by atoms with Crippen LogP contribution in [0.5, 0.6) is 0 Å². The highest BCUT2D eigenvalue weighted by Gasteiger charge is 2.08. The molecule has 0 saturated carbocycles. The van der Waals surface area contributed by atoms with Crippen LogP contribution in [-0.4, -0.2) is 11.2 Å². The van der Waals surface area contributed by atoms with Gasteiger partial charge in [-0.3, -0.25) is 0 Å². The number of rotatable bonds is 5. The predicted octanol–water partition coefficient (Wildman–Crippen LogP) is 2.40. The van der Waals surface area contributed by atoms with Gasteiger partial charge in [0.2, 0.25) is 0 Å². The van der Waals surface area contributed by atoms with Gasteiger partial charge in [0.1, 0.15) is 0 Å². The Bertz CT molecular complexity index is 179. The zero-order chi connectivity index (χ0) is 9.40. The molecule has 0 aromatic carbocycles. The fourth-order valence-electron chi connectivity index (χ4n) is 1.03. The second-order valence-electron chi connectivity index (χ2n) is 2.84. The van der Waals surface area contributed by atoms with E-state index in [2.05, 4.69) is 6.92 Å². The van der Waals surface area contributed by atoms with E-state index in [-0.39, 0.29) is 0 Å². The van der Waals surface area contributed by atoms with E-state index in [0.29, 0.717) is 12.0 Å². The first-order valence-electron chi connectivity index (χ1n) is 4.54. The maximum Gasteiger partial charge on any atom is 0.0971 e. The fourth-order valence-corrected chi connectivity index (χ4v) is 1.03. The molecule has 68 valence electrons. The van der Waals surface area contributed by atoms with E-state index in [1.54, 1.807) is 6.08 Å². The van der Waals surface area contributed by atoms with Gasteiger partial charge in [-0.05, 0) is 12.8 Å². The highest BCUT2D eigenvalue weighted by molar-refractivity contribution is 5.24. The second kappa shape index (κ2) is 6.87. The van der Waals surface area contributed by atoms with Crippen LogP contribution < -0.4 is 0 Å². The van der Waals surface area contributed by atoms with Crippen molar-refractivity contribution in [3.8, 4) is 6.07 Å². The summed E-state index contributed by atoms with van der Waals surface area (Å²) in [5.41, 5.74) is 0.519. The lowest BCUT2D eigenvalue weighted by Crippen LogP contribution is -2.08. The van der Waals surface area contributed by atoms with Crippen LogP contribution in [-0.2, 0) is 0 Å². The van der Waals surface area contributed by atoms with Gasteiger partial charge >= 0.3 is 0 Å². The summed E-state index contributed by atoms with van der Waals surface area (Å²) < 4.78 is 0. The molecule has 0 heterocycles. The van der Waals surface area contributed by atoms with Crippen molar-refractivity contribution in [3.63, 3.8) is 0 Å². The van der Waals surface area contributed by atoms with E-state index in [1.807, 2.05) is 13.0 Å². The molecule has 1 atom stereocenters. The van der Waals surface area contributed by atoms with Crippen LogP contribution >= 0.6 is 0 Å². The lowest BCUT2D eigenvalue weighted by Gasteiger charge is -2.07. The van der Waals surface area contributed by atoms with Gasteiger partial charge in [0.15, 0.2) is 0 Å². The number of aliphatic hydroxyl groups excluding tert-OH is 1. The van der Waals surface area contributed by atoms with Crippen molar-refractivity contribution >= 4 is 0 Å². The molecular weight excluding hydrogens is 150 g/mol. The number of nitrogens with zero attached hydrogens (tertiary/aromatic N) is 1. The molecule has 2 heteroatoms. The minimum Gasteiger partial charge on any atom is -0.388 e. The Labute approximate surface area is 74.5 Å². The summed E-state index contributed by atoms with van der Waals surface area (Å²) in [4.78, 5) is 0. The SMILES string of the molecule is CC/C=C(/C#N)C(O)CCCC. The zero-order valence-corrected chi connectivity index (χ0v) is 7.88. The molecule has 12 heavy (non-hydrogen) atoms. The van der Waals surface area contributed by atoms with Crippen LogP contribution in [0.4, 0.5) is 0 Å². The van der Waals surface area contributed by atoms with Crippen LogP contribution in [0.2, 0.25) is 0 Å². The third kappa shape index (κ3) is 4.15. The maximum absolute atomic E-state index is 9.48. The molecule has 0 saturated heterocycles. The van der Waals surface area contributed by atoms with E-state index >= 15 is 0 Å². The lowest BCUT2D eigenvalue weighted by molar-refractivity contribution is 0.201. The summed E-state index contributed by atoms with van der Waals surface area (Å²) in [5, 5.41) is 18.1. The quantitative estimate of drug-likeness (QED) is 0.639. The first-order chi connectivity index (χ1) is 5.76. The summed E-state index contributed by atoms with van der Waals surface area (Å²) in [6, 6.07) is 2.02. The van der Waals surface area contributed by atoms with E-state index in [1.165, 1.54) is 0 Å².